The van der Waals surface area contributed by atoms with E-state index in [1.165, 1.54) is 5.56 Å². The molecule has 0 atom stereocenters. The molecule has 0 amide bonds. The van der Waals surface area contributed by atoms with E-state index in [1.54, 1.807) is 0 Å². The first kappa shape index (κ1) is 15.2. The molecule has 0 aliphatic rings. The molecule has 0 aliphatic heterocycles. The highest BCUT2D eigenvalue weighted by atomic mass is 79.9. The molecule has 0 spiro atoms. The van der Waals surface area contributed by atoms with Gasteiger partial charge in [-0.25, -0.2) is 0 Å². The van der Waals surface area contributed by atoms with E-state index >= 15 is 0 Å². The Hall–Kier alpha value is -0.830. The fraction of sp³-hybridized carbons (Fsp3) is 0.533. The SMILES string of the molecule is O=C(CCCCCBr)OCCCc1ccccc1. The molecule has 0 heterocycles. The van der Waals surface area contributed by atoms with E-state index in [2.05, 4.69) is 28.1 Å². The van der Waals surface area contributed by atoms with Gasteiger partial charge in [-0.05, 0) is 31.2 Å². The number of hydrogen-bond donors (Lipinski definition) is 0. The molecular weight excluding hydrogens is 292 g/mol. The lowest BCUT2D eigenvalue weighted by Crippen LogP contribution is -2.06. The Morgan fingerprint density at radius 2 is 1.83 bits per heavy atom. The summed E-state index contributed by atoms with van der Waals surface area (Å²) in [5.41, 5.74) is 1.30. The van der Waals surface area contributed by atoms with E-state index in [4.69, 9.17) is 4.74 Å². The van der Waals surface area contributed by atoms with Crippen molar-refractivity contribution in [2.75, 3.05) is 11.9 Å². The van der Waals surface area contributed by atoms with Crippen LogP contribution in [0.2, 0.25) is 0 Å². The minimum atomic E-state index is -0.0577. The van der Waals surface area contributed by atoms with Gasteiger partial charge in [0.25, 0.3) is 0 Å². The highest BCUT2D eigenvalue weighted by Crippen LogP contribution is 2.05. The molecule has 2 nitrogen and oxygen atoms in total. The molecule has 0 aromatic heterocycles. The number of ether oxygens (including phenoxy) is 1. The summed E-state index contributed by atoms with van der Waals surface area (Å²) in [4.78, 5) is 11.4. The molecule has 0 bridgehead atoms. The molecule has 0 saturated heterocycles. The van der Waals surface area contributed by atoms with E-state index in [-0.39, 0.29) is 5.97 Å². The summed E-state index contributed by atoms with van der Waals surface area (Å²) in [5, 5.41) is 1.01. The number of hydrogen-bond acceptors (Lipinski definition) is 2. The third-order valence-corrected chi connectivity index (χ3v) is 3.29. The molecule has 0 unspecified atom stereocenters. The summed E-state index contributed by atoms with van der Waals surface area (Å²) >= 11 is 3.37. The fourth-order valence-electron chi connectivity index (χ4n) is 1.72. The minimum absolute atomic E-state index is 0.0577. The number of unbranched alkanes of at least 4 members (excludes halogenated alkanes) is 2. The second-order valence-electron chi connectivity index (χ2n) is 4.31. The minimum Gasteiger partial charge on any atom is -0.466 e. The number of rotatable bonds is 9. The highest BCUT2D eigenvalue weighted by Gasteiger charge is 2.02. The third kappa shape index (κ3) is 7.49. The lowest BCUT2D eigenvalue weighted by atomic mass is 10.1. The molecule has 1 aromatic rings. The fourth-order valence-corrected chi connectivity index (χ4v) is 2.12. The van der Waals surface area contributed by atoms with Gasteiger partial charge in [0.05, 0.1) is 6.61 Å². The van der Waals surface area contributed by atoms with Gasteiger partial charge in [0.2, 0.25) is 0 Å². The lowest BCUT2D eigenvalue weighted by Gasteiger charge is -2.04. The Morgan fingerprint density at radius 1 is 1.06 bits per heavy atom. The van der Waals surface area contributed by atoms with Crippen LogP contribution in [-0.2, 0) is 16.0 Å². The maximum Gasteiger partial charge on any atom is 0.305 e. The Labute approximate surface area is 118 Å². The second-order valence-corrected chi connectivity index (χ2v) is 5.10. The van der Waals surface area contributed by atoms with Crippen LogP contribution in [0.25, 0.3) is 0 Å². The van der Waals surface area contributed by atoms with Crippen LogP contribution in [0, 0.1) is 0 Å². The number of carbonyl (C=O) groups excluding carboxylic acids is 1. The van der Waals surface area contributed by atoms with Gasteiger partial charge in [0.15, 0.2) is 0 Å². The monoisotopic (exact) mass is 312 g/mol. The summed E-state index contributed by atoms with van der Waals surface area (Å²) in [5.74, 6) is -0.0577. The molecule has 100 valence electrons. The average Bonchev–Trinajstić information content (AvgIpc) is 2.41. The lowest BCUT2D eigenvalue weighted by molar-refractivity contribution is -0.143. The van der Waals surface area contributed by atoms with Crippen molar-refractivity contribution in [3.63, 3.8) is 0 Å². The summed E-state index contributed by atoms with van der Waals surface area (Å²) < 4.78 is 5.19. The van der Waals surface area contributed by atoms with Crippen molar-refractivity contribution in [3.05, 3.63) is 35.9 Å². The van der Waals surface area contributed by atoms with Gasteiger partial charge in [0, 0.05) is 11.8 Å². The summed E-state index contributed by atoms with van der Waals surface area (Å²) in [6.07, 6.45) is 5.57. The van der Waals surface area contributed by atoms with Crippen LogP contribution in [-0.4, -0.2) is 17.9 Å². The quantitative estimate of drug-likeness (QED) is 0.389. The van der Waals surface area contributed by atoms with Crippen molar-refractivity contribution < 1.29 is 9.53 Å². The van der Waals surface area contributed by atoms with Crippen molar-refractivity contribution >= 4 is 21.9 Å². The number of halogens is 1. The van der Waals surface area contributed by atoms with Crippen LogP contribution in [0.15, 0.2) is 30.3 Å². The third-order valence-electron chi connectivity index (χ3n) is 2.73. The molecular formula is C15H21BrO2. The first-order valence-electron chi connectivity index (χ1n) is 6.58. The van der Waals surface area contributed by atoms with Crippen LogP contribution in [0.5, 0.6) is 0 Å². The first-order valence-corrected chi connectivity index (χ1v) is 7.70. The van der Waals surface area contributed by atoms with Crippen molar-refractivity contribution in [1.29, 1.82) is 0 Å². The molecule has 1 rings (SSSR count). The van der Waals surface area contributed by atoms with Gasteiger partial charge in [0.1, 0.15) is 0 Å². The van der Waals surface area contributed by atoms with Gasteiger partial charge in [-0.3, -0.25) is 4.79 Å². The normalized spacial score (nSPS) is 10.3. The Morgan fingerprint density at radius 3 is 2.56 bits per heavy atom. The number of benzene rings is 1. The molecule has 0 fully saturated rings. The molecule has 0 aliphatic carbocycles. The van der Waals surface area contributed by atoms with Crippen molar-refractivity contribution in [3.8, 4) is 0 Å². The van der Waals surface area contributed by atoms with E-state index in [0.717, 1.165) is 37.4 Å². The summed E-state index contributed by atoms with van der Waals surface area (Å²) in [6.45, 7) is 0.534. The number of alkyl halides is 1. The van der Waals surface area contributed by atoms with Crippen LogP contribution in [0.4, 0.5) is 0 Å². The zero-order valence-electron chi connectivity index (χ0n) is 10.7. The van der Waals surface area contributed by atoms with Gasteiger partial charge in [-0.15, -0.1) is 0 Å². The van der Waals surface area contributed by atoms with E-state index in [1.807, 2.05) is 18.2 Å². The van der Waals surface area contributed by atoms with Crippen LogP contribution in [0.3, 0.4) is 0 Å². The Bertz CT molecular complexity index is 325. The molecule has 0 radical (unpaired) electrons. The average molecular weight is 313 g/mol. The highest BCUT2D eigenvalue weighted by molar-refractivity contribution is 9.09. The molecule has 18 heavy (non-hydrogen) atoms. The maximum absolute atomic E-state index is 11.4. The van der Waals surface area contributed by atoms with Gasteiger partial charge < -0.3 is 4.74 Å². The largest absolute Gasteiger partial charge is 0.466 e. The standard InChI is InChI=1S/C15H21BrO2/c16-12-6-2-5-11-15(17)18-13-7-10-14-8-3-1-4-9-14/h1,3-4,8-9H,2,5-7,10-13H2. The second kappa shape index (κ2) is 10.1. The predicted octanol–water partition coefficient (Wildman–Crippen LogP) is 4.12. The van der Waals surface area contributed by atoms with Gasteiger partial charge in [-0.1, -0.05) is 52.7 Å². The molecule has 3 heteroatoms. The Kier molecular flexibility index (Phi) is 8.57. The first-order chi connectivity index (χ1) is 8.83. The van der Waals surface area contributed by atoms with Crippen molar-refractivity contribution in [1.82, 2.24) is 0 Å². The number of aryl methyl sites for hydroxylation is 1. The molecule has 0 saturated carbocycles. The topological polar surface area (TPSA) is 26.3 Å². The van der Waals surface area contributed by atoms with Gasteiger partial charge >= 0.3 is 5.97 Å². The number of carbonyl (C=O) groups is 1. The molecule has 1 aromatic carbocycles. The maximum atomic E-state index is 11.4. The van der Waals surface area contributed by atoms with Crippen LogP contribution < -0.4 is 0 Å². The predicted molar refractivity (Wildman–Crippen MR) is 78.0 cm³/mol. The Balaban J connectivity index is 1.99. The number of esters is 1. The van der Waals surface area contributed by atoms with Crippen molar-refractivity contribution in [2.24, 2.45) is 0 Å². The van der Waals surface area contributed by atoms with E-state index in [0.29, 0.717) is 13.0 Å². The van der Waals surface area contributed by atoms with E-state index in [9.17, 15) is 4.79 Å². The van der Waals surface area contributed by atoms with Crippen LogP contribution in [0.1, 0.15) is 37.7 Å². The summed E-state index contributed by atoms with van der Waals surface area (Å²) in [7, 11) is 0. The van der Waals surface area contributed by atoms with Gasteiger partial charge in [-0.2, -0.15) is 0 Å². The smallest absolute Gasteiger partial charge is 0.305 e. The zero-order valence-corrected chi connectivity index (χ0v) is 12.3. The van der Waals surface area contributed by atoms with E-state index < -0.39 is 0 Å². The molecule has 0 N–H and O–H groups in total. The zero-order chi connectivity index (χ0) is 13.1. The summed E-state index contributed by atoms with van der Waals surface area (Å²) in [6, 6.07) is 10.3. The van der Waals surface area contributed by atoms with Crippen LogP contribution >= 0.6 is 15.9 Å². The van der Waals surface area contributed by atoms with Crippen molar-refractivity contribution in [2.45, 2.75) is 38.5 Å².